The van der Waals surface area contributed by atoms with Crippen molar-refractivity contribution in [3.05, 3.63) is 35.4 Å². The van der Waals surface area contributed by atoms with Crippen molar-refractivity contribution in [2.24, 2.45) is 0 Å². The fraction of sp³-hybridized carbons (Fsp3) is 0.467. The van der Waals surface area contributed by atoms with Crippen LogP contribution >= 0.6 is 0 Å². The van der Waals surface area contributed by atoms with Gasteiger partial charge in [-0.1, -0.05) is 37.5 Å². The molecule has 0 aromatic heterocycles. The Morgan fingerprint density at radius 3 is 2.56 bits per heavy atom. The van der Waals surface area contributed by atoms with E-state index in [0.29, 0.717) is 5.56 Å². The van der Waals surface area contributed by atoms with E-state index in [1.807, 2.05) is 18.2 Å². The topological polar surface area (TPSA) is 50.1 Å². The van der Waals surface area contributed by atoms with E-state index in [2.05, 4.69) is 6.07 Å². The van der Waals surface area contributed by atoms with Crippen molar-refractivity contribution in [3.63, 3.8) is 0 Å². The van der Waals surface area contributed by atoms with Crippen LogP contribution in [0.4, 0.5) is 0 Å². The molecule has 1 fully saturated rings. The Morgan fingerprint density at radius 2 is 1.94 bits per heavy atom. The molecule has 1 aromatic carbocycles. The summed E-state index contributed by atoms with van der Waals surface area (Å²) in [7, 11) is 1.37. The molecular formula is C15H17NO2. The molecule has 1 aliphatic rings. The summed E-state index contributed by atoms with van der Waals surface area (Å²) in [4.78, 5) is 11.8. The quantitative estimate of drug-likeness (QED) is 0.749. The molecule has 0 saturated heterocycles. The smallest absolute Gasteiger partial charge is 0.338 e. The lowest BCUT2D eigenvalue weighted by Gasteiger charge is -2.32. The van der Waals surface area contributed by atoms with Crippen molar-refractivity contribution >= 4 is 5.97 Å². The lowest BCUT2D eigenvalue weighted by atomic mass is 9.69. The number of nitriles is 1. The fourth-order valence-electron chi connectivity index (χ4n) is 2.79. The summed E-state index contributed by atoms with van der Waals surface area (Å²) >= 11 is 0. The summed E-state index contributed by atoms with van der Waals surface area (Å²) in [6, 6.07) is 9.77. The normalized spacial score (nSPS) is 17.8. The zero-order valence-electron chi connectivity index (χ0n) is 10.6. The Hall–Kier alpha value is -1.82. The summed E-state index contributed by atoms with van der Waals surface area (Å²) in [5.41, 5.74) is 0.853. The number of nitrogens with zero attached hydrogens (tertiary/aromatic N) is 1. The SMILES string of the molecule is COC(=O)c1ccccc1C1(C#N)CCCCC1. The van der Waals surface area contributed by atoms with Crippen molar-refractivity contribution in [1.29, 1.82) is 5.26 Å². The average molecular weight is 243 g/mol. The predicted octanol–water partition coefficient (Wildman–Crippen LogP) is 3.20. The summed E-state index contributed by atoms with van der Waals surface area (Å²) in [5, 5.41) is 9.57. The summed E-state index contributed by atoms with van der Waals surface area (Å²) in [6.45, 7) is 0. The molecule has 0 spiro atoms. The molecule has 0 aliphatic heterocycles. The van der Waals surface area contributed by atoms with E-state index in [4.69, 9.17) is 4.74 Å². The highest BCUT2D eigenvalue weighted by Crippen LogP contribution is 2.40. The van der Waals surface area contributed by atoms with Crippen LogP contribution in [0, 0.1) is 11.3 Å². The first-order valence-electron chi connectivity index (χ1n) is 6.32. The van der Waals surface area contributed by atoms with Crippen LogP contribution in [0.2, 0.25) is 0 Å². The number of rotatable bonds is 2. The molecule has 0 amide bonds. The van der Waals surface area contributed by atoms with E-state index in [-0.39, 0.29) is 5.97 Å². The van der Waals surface area contributed by atoms with Gasteiger partial charge in [-0.25, -0.2) is 4.79 Å². The molecule has 94 valence electrons. The van der Waals surface area contributed by atoms with Gasteiger partial charge in [-0.3, -0.25) is 0 Å². The van der Waals surface area contributed by atoms with Gasteiger partial charge in [0.05, 0.1) is 24.2 Å². The molecule has 0 radical (unpaired) electrons. The predicted molar refractivity (Wildman–Crippen MR) is 68.2 cm³/mol. The molecule has 3 nitrogen and oxygen atoms in total. The average Bonchev–Trinajstić information content (AvgIpc) is 2.47. The van der Waals surface area contributed by atoms with E-state index >= 15 is 0 Å². The number of methoxy groups -OCH3 is 1. The minimum atomic E-state index is -0.511. The van der Waals surface area contributed by atoms with Gasteiger partial charge in [0, 0.05) is 0 Å². The Kier molecular flexibility index (Phi) is 3.66. The second-order valence-electron chi connectivity index (χ2n) is 4.79. The Labute approximate surface area is 107 Å². The fourth-order valence-corrected chi connectivity index (χ4v) is 2.79. The number of hydrogen-bond acceptors (Lipinski definition) is 3. The number of esters is 1. The highest BCUT2D eigenvalue weighted by Gasteiger charge is 2.36. The van der Waals surface area contributed by atoms with Gasteiger partial charge >= 0.3 is 5.97 Å². The zero-order valence-corrected chi connectivity index (χ0v) is 10.6. The Morgan fingerprint density at radius 1 is 1.28 bits per heavy atom. The maximum atomic E-state index is 11.8. The van der Waals surface area contributed by atoms with Gasteiger partial charge in [0.2, 0.25) is 0 Å². The largest absolute Gasteiger partial charge is 0.465 e. The third-order valence-electron chi connectivity index (χ3n) is 3.77. The number of carbonyl (C=O) groups is 1. The second kappa shape index (κ2) is 5.22. The van der Waals surface area contributed by atoms with Crippen LogP contribution in [0.5, 0.6) is 0 Å². The number of benzene rings is 1. The van der Waals surface area contributed by atoms with E-state index < -0.39 is 5.41 Å². The van der Waals surface area contributed by atoms with Gasteiger partial charge in [0.1, 0.15) is 0 Å². The molecule has 1 aromatic rings. The maximum Gasteiger partial charge on any atom is 0.338 e. The van der Waals surface area contributed by atoms with E-state index in [1.165, 1.54) is 13.5 Å². The van der Waals surface area contributed by atoms with Gasteiger partial charge in [0.15, 0.2) is 0 Å². The van der Waals surface area contributed by atoms with Crippen LogP contribution in [0.3, 0.4) is 0 Å². The molecule has 0 bridgehead atoms. The third-order valence-corrected chi connectivity index (χ3v) is 3.77. The van der Waals surface area contributed by atoms with Gasteiger partial charge in [0.25, 0.3) is 0 Å². The van der Waals surface area contributed by atoms with Crippen LogP contribution in [0.25, 0.3) is 0 Å². The zero-order chi connectivity index (χ0) is 13.0. The number of ether oxygens (including phenoxy) is 1. The molecule has 0 atom stereocenters. The van der Waals surface area contributed by atoms with E-state index in [9.17, 15) is 10.1 Å². The highest BCUT2D eigenvalue weighted by molar-refractivity contribution is 5.91. The third kappa shape index (κ3) is 2.11. The van der Waals surface area contributed by atoms with Crippen molar-refractivity contribution in [2.75, 3.05) is 7.11 Å². The van der Waals surface area contributed by atoms with Crippen molar-refractivity contribution in [3.8, 4) is 6.07 Å². The lowest BCUT2D eigenvalue weighted by molar-refractivity contribution is 0.0597. The molecule has 1 saturated carbocycles. The van der Waals surface area contributed by atoms with Crippen LogP contribution < -0.4 is 0 Å². The van der Waals surface area contributed by atoms with Gasteiger partial charge in [-0.05, 0) is 24.5 Å². The molecule has 1 aliphatic carbocycles. The second-order valence-corrected chi connectivity index (χ2v) is 4.79. The van der Waals surface area contributed by atoms with Crippen LogP contribution in [-0.4, -0.2) is 13.1 Å². The van der Waals surface area contributed by atoms with Crippen LogP contribution in [-0.2, 0) is 10.2 Å². The maximum absolute atomic E-state index is 11.8. The summed E-state index contributed by atoms with van der Waals surface area (Å²) < 4.78 is 4.81. The van der Waals surface area contributed by atoms with Gasteiger partial charge in [-0.15, -0.1) is 0 Å². The Bertz CT molecular complexity index is 482. The number of carbonyl (C=O) groups excluding carboxylic acids is 1. The first kappa shape index (κ1) is 12.6. The molecule has 0 N–H and O–H groups in total. The molecule has 2 rings (SSSR count). The van der Waals surface area contributed by atoms with E-state index in [0.717, 1.165) is 31.2 Å². The molecule has 0 unspecified atom stereocenters. The lowest BCUT2D eigenvalue weighted by Crippen LogP contribution is -2.29. The minimum Gasteiger partial charge on any atom is -0.465 e. The van der Waals surface area contributed by atoms with Crippen molar-refractivity contribution < 1.29 is 9.53 Å². The summed E-state index contributed by atoms with van der Waals surface area (Å²) in [5.74, 6) is -0.356. The van der Waals surface area contributed by atoms with Crippen molar-refractivity contribution in [1.82, 2.24) is 0 Å². The van der Waals surface area contributed by atoms with Gasteiger partial charge < -0.3 is 4.74 Å². The monoisotopic (exact) mass is 243 g/mol. The highest BCUT2D eigenvalue weighted by atomic mass is 16.5. The molecule has 18 heavy (non-hydrogen) atoms. The number of hydrogen-bond donors (Lipinski definition) is 0. The molecule has 3 heteroatoms. The molecule has 0 heterocycles. The summed E-state index contributed by atoms with van der Waals surface area (Å²) in [6.07, 6.45) is 4.92. The van der Waals surface area contributed by atoms with Gasteiger partial charge in [-0.2, -0.15) is 5.26 Å². The Balaban J connectivity index is 2.49. The standard InChI is InChI=1S/C15H17NO2/c1-18-14(17)12-7-3-4-8-13(12)15(11-16)9-5-2-6-10-15/h3-4,7-8H,2,5-6,9-10H2,1H3. The van der Waals surface area contributed by atoms with Crippen LogP contribution in [0.1, 0.15) is 48.0 Å². The first-order valence-corrected chi connectivity index (χ1v) is 6.32. The first-order chi connectivity index (χ1) is 8.73. The minimum absolute atomic E-state index is 0.356. The van der Waals surface area contributed by atoms with Crippen molar-refractivity contribution in [2.45, 2.75) is 37.5 Å². The molecular weight excluding hydrogens is 226 g/mol. The van der Waals surface area contributed by atoms with E-state index in [1.54, 1.807) is 6.07 Å². The van der Waals surface area contributed by atoms with Crippen LogP contribution in [0.15, 0.2) is 24.3 Å².